The topological polar surface area (TPSA) is 92.3 Å². The molecule has 0 radical (unpaired) electrons. The Kier molecular flexibility index (Phi) is 64.5. The summed E-state index contributed by atoms with van der Waals surface area (Å²) in [6.45, 7) is 33.8. The lowest BCUT2D eigenvalue weighted by molar-refractivity contribution is 0.0493. The van der Waals surface area contributed by atoms with E-state index in [-0.39, 0.29) is 0 Å². The molecule has 484 valence electrons. The first-order chi connectivity index (χ1) is 39.1. The quantitative estimate of drug-likeness (QED) is 0.0433. The van der Waals surface area contributed by atoms with Crippen molar-refractivity contribution >= 4 is 34.7 Å². The highest BCUT2D eigenvalue weighted by Crippen LogP contribution is 2.30. The first-order valence-electron chi connectivity index (χ1n) is 35.5. The monoisotopic (exact) mass is 1210 g/mol. The molecule has 0 unspecified atom stereocenters. The minimum atomic E-state index is -2.94. The highest BCUT2D eigenvalue weighted by molar-refractivity contribution is 6.69. The van der Waals surface area contributed by atoms with Crippen molar-refractivity contribution in [3.63, 3.8) is 0 Å². The van der Waals surface area contributed by atoms with Crippen molar-refractivity contribution in [3.8, 4) is 0 Å². The van der Waals surface area contributed by atoms with Crippen LogP contribution in [0.3, 0.4) is 0 Å². The highest BCUT2D eigenvalue weighted by atomic mass is 28.4. The van der Waals surface area contributed by atoms with Crippen LogP contribution in [0, 0.1) is 0 Å². The lowest BCUT2D eigenvalue weighted by Crippen LogP contribution is -2.49. The van der Waals surface area contributed by atoms with Crippen molar-refractivity contribution in [1.82, 2.24) is 0 Å². The zero-order valence-corrected chi connectivity index (χ0v) is 60.3. The SMILES string of the molecule is CCCCCCCCO[Si](CCC[Si](OCCCCCCCC)(OCCCCCCCC)OCCCCCCCC)(OCCCCCCCC)OCCCCCCCC.CCO[Si](CC)(CCC[Si](CC)(OCC)OCC)OCC. The summed E-state index contributed by atoms with van der Waals surface area (Å²) in [5, 5.41) is 0. The van der Waals surface area contributed by atoms with Gasteiger partial charge in [0.25, 0.3) is 0 Å². The Balaban J connectivity index is 0. The van der Waals surface area contributed by atoms with Crippen molar-refractivity contribution in [2.45, 2.75) is 363 Å². The number of rotatable bonds is 66. The summed E-state index contributed by atoms with van der Waals surface area (Å²) in [6, 6.07) is 5.76. The van der Waals surface area contributed by atoms with Crippen LogP contribution in [0.1, 0.15) is 327 Å². The minimum absolute atomic E-state index is 0.742. The minimum Gasteiger partial charge on any atom is -0.394 e. The van der Waals surface area contributed by atoms with Crippen molar-refractivity contribution in [3.05, 3.63) is 0 Å². The maximum absolute atomic E-state index is 6.96. The Morgan fingerprint density at radius 2 is 0.350 bits per heavy atom. The van der Waals surface area contributed by atoms with Crippen LogP contribution in [0.4, 0.5) is 0 Å². The fourth-order valence-corrected chi connectivity index (χ4v) is 22.5. The van der Waals surface area contributed by atoms with Gasteiger partial charge in [-0.15, -0.1) is 0 Å². The van der Waals surface area contributed by atoms with E-state index in [2.05, 4.69) is 83.1 Å². The second kappa shape index (κ2) is 62.5. The molecule has 0 spiro atoms. The van der Waals surface area contributed by atoms with E-state index in [0.717, 1.165) is 154 Å². The Labute approximate surface area is 505 Å². The molecule has 80 heavy (non-hydrogen) atoms. The molecular weight excluding hydrogens is 1070 g/mol. The van der Waals surface area contributed by atoms with Crippen LogP contribution in [0.25, 0.3) is 0 Å². The molecule has 0 bridgehead atoms. The van der Waals surface area contributed by atoms with E-state index in [1.165, 1.54) is 193 Å². The van der Waals surface area contributed by atoms with E-state index < -0.39 is 34.7 Å². The lowest BCUT2D eigenvalue weighted by Gasteiger charge is -2.33. The highest BCUT2D eigenvalue weighted by Gasteiger charge is 2.46. The molecule has 0 atom stereocenters. The second-order valence-electron chi connectivity index (χ2n) is 23.0. The van der Waals surface area contributed by atoms with E-state index >= 15 is 0 Å². The number of unbranched alkanes of at least 4 members (excludes halogenated alkanes) is 30. The molecule has 0 aliphatic heterocycles. The van der Waals surface area contributed by atoms with Gasteiger partial charge in [0, 0.05) is 78.2 Å². The molecule has 0 heterocycles. The van der Waals surface area contributed by atoms with Gasteiger partial charge in [0.05, 0.1) is 0 Å². The predicted molar refractivity (Wildman–Crippen MR) is 355 cm³/mol. The van der Waals surface area contributed by atoms with Crippen LogP contribution in [-0.2, 0) is 44.3 Å². The molecule has 0 saturated carbocycles. The fraction of sp³-hybridized carbons (Fsp3) is 1.00. The van der Waals surface area contributed by atoms with Crippen LogP contribution in [0.2, 0.25) is 36.3 Å². The van der Waals surface area contributed by atoms with E-state index in [9.17, 15) is 0 Å². The third kappa shape index (κ3) is 48.6. The lowest BCUT2D eigenvalue weighted by atomic mass is 10.1. The van der Waals surface area contributed by atoms with E-state index in [1.807, 2.05) is 0 Å². The van der Waals surface area contributed by atoms with Gasteiger partial charge >= 0.3 is 34.7 Å². The molecule has 0 aromatic heterocycles. The standard InChI is InChI=1S/C51H108O6Si2.C15H36O4Si2/c1-7-13-19-25-31-37-44-52-58(53-45-38-32-26-20-14-8-2,54-46-39-33-27-21-15-9-3)50-43-51-59(55-47-40-34-28-22-16-10-4,56-48-41-35-29-23-17-11-5)57-49-42-36-30-24-18-12-6;1-7-16-20(11-5,17-8-2)14-13-15-21(12-6,18-9-3)19-10-4/h7-51H2,1-6H3;7-15H2,1-6H3. The summed E-state index contributed by atoms with van der Waals surface area (Å²) in [4.78, 5) is 0. The first kappa shape index (κ1) is 82.5. The van der Waals surface area contributed by atoms with Crippen LogP contribution < -0.4 is 0 Å². The molecule has 0 aromatic carbocycles. The molecule has 10 nitrogen and oxygen atoms in total. The van der Waals surface area contributed by atoms with Gasteiger partial charge in [0.1, 0.15) is 0 Å². The number of hydrogen-bond acceptors (Lipinski definition) is 10. The smallest absolute Gasteiger partial charge is 0.394 e. The van der Waals surface area contributed by atoms with Gasteiger partial charge in [-0.2, -0.15) is 0 Å². The molecule has 0 fully saturated rings. The third-order valence-corrected chi connectivity index (χ3v) is 29.1. The van der Waals surface area contributed by atoms with Gasteiger partial charge in [-0.05, 0) is 103 Å². The van der Waals surface area contributed by atoms with E-state index in [4.69, 9.17) is 44.3 Å². The Hall–Kier alpha value is 0.468. The van der Waals surface area contributed by atoms with Crippen molar-refractivity contribution < 1.29 is 44.3 Å². The van der Waals surface area contributed by atoms with Crippen molar-refractivity contribution in [2.75, 3.05) is 66.1 Å². The molecule has 0 N–H and O–H groups in total. The Morgan fingerprint density at radius 1 is 0.175 bits per heavy atom. The van der Waals surface area contributed by atoms with E-state index in [0.29, 0.717) is 0 Å². The van der Waals surface area contributed by atoms with Crippen LogP contribution in [-0.4, -0.2) is 101 Å². The molecule has 0 rings (SSSR count). The van der Waals surface area contributed by atoms with Crippen molar-refractivity contribution in [1.29, 1.82) is 0 Å². The van der Waals surface area contributed by atoms with Crippen molar-refractivity contribution in [2.24, 2.45) is 0 Å². The zero-order chi connectivity index (χ0) is 59.3. The normalized spacial score (nSPS) is 12.4. The molecule has 14 heteroatoms. The largest absolute Gasteiger partial charge is 0.500 e. The summed E-state index contributed by atoms with van der Waals surface area (Å²) in [5.74, 6) is 0. The van der Waals surface area contributed by atoms with Gasteiger partial charge in [-0.3, -0.25) is 0 Å². The maximum atomic E-state index is 6.96. The maximum Gasteiger partial charge on any atom is 0.500 e. The molecular formula is C66H144O10Si4. The molecule has 0 amide bonds. The average molecular weight is 1210 g/mol. The summed E-state index contributed by atoms with van der Waals surface area (Å²) in [5.41, 5.74) is 0. The predicted octanol–water partition coefficient (Wildman–Crippen LogP) is 22.0. The van der Waals surface area contributed by atoms with Crippen LogP contribution in [0.5, 0.6) is 0 Å². The Morgan fingerprint density at radius 3 is 0.525 bits per heavy atom. The summed E-state index contributed by atoms with van der Waals surface area (Å²) in [6.07, 6.45) is 47.2. The first-order valence-corrected chi connectivity index (χ1v) is 43.9. The summed E-state index contributed by atoms with van der Waals surface area (Å²) in [7, 11) is -9.91. The van der Waals surface area contributed by atoms with Gasteiger partial charge in [-0.1, -0.05) is 248 Å². The summed E-state index contributed by atoms with van der Waals surface area (Å²) < 4.78 is 65.9. The van der Waals surface area contributed by atoms with Crippen LogP contribution >= 0.6 is 0 Å². The molecule has 0 saturated heterocycles. The Bertz CT molecular complexity index is 1010. The molecule has 0 aliphatic rings. The van der Waals surface area contributed by atoms with E-state index in [1.54, 1.807) is 0 Å². The average Bonchev–Trinajstić information content (AvgIpc) is 3.46. The van der Waals surface area contributed by atoms with Gasteiger partial charge in [-0.25, -0.2) is 0 Å². The summed E-state index contributed by atoms with van der Waals surface area (Å²) >= 11 is 0. The zero-order valence-electron chi connectivity index (χ0n) is 56.3. The van der Waals surface area contributed by atoms with Gasteiger partial charge < -0.3 is 44.3 Å². The fourth-order valence-electron chi connectivity index (χ4n) is 10.7. The van der Waals surface area contributed by atoms with Gasteiger partial charge in [0.15, 0.2) is 0 Å². The number of hydrogen-bond donors (Lipinski definition) is 0. The van der Waals surface area contributed by atoms with Gasteiger partial charge in [0.2, 0.25) is 0 Å². The second-order valence-corrected chi connectivity index (χ2v) is 35.7. The molecule has 0 aromatic rings. The molecule has 0 aliphatic carbocycles. The van der Waals surface area contributed by atoms with Crippen LogP contribution in [0.15, 0.2) is 0 Å². The third-order valence-electron chi connectivity index (χ3n) is 15.7.